The molecule has 0 bridgehead atoms. The third kappa shape index (κ3) is 4.63. The van der Waals surface area contributed by atoms with Gasteiger partial charge in [-0.05, 0) is 37.2 Å². The van der Waals surface area contributed by atoms with Crippen LogP contribution in [0, 0.1) is 12.7 Å². The minimum atomic E-state index is -0.157. The van der Waals surface area contributed by atoms with Crippen LogP contribution in [0.1, 0.15) is 25.0 Å². The molecule has 1 N–H and O–H groups in total. The Morgan fingerprint density at radius 1 is 1.23 bits per heavy atom. The van der Waals surface area contributed by atoms with Gasteiger partial charge in [0.2, 0.25) is 0 Å². The molecule has 1 nitrogen and oxygen atoms in total. The number of benzene rings is 1. The Morgan fingerprint density at radius 2 is 1.85 bits per heavy atom. The van der Waals surface area contributed by atoms with Gasteiger partial charge in [-0.1, -0.05) is 19.9 Å². The Balaban J connectivity index is 0.000000671. The molecule has 1 aromatic rings. The molecule has 2 heteroatoms. The van der Waals surface area contributed by atoms with Crippen LogP contribution >= 0.6 is 0 Å². The smallest absolute Gasteiger partial charge is 0.123 e. The fourth-order valence-electron chi connectivity index (χ4n) is 1.12. The van der Waals surface area contributed by atoms with Crippen molar-refractivity contribution in [1.82, 2.24) is 5.32 Å². The summed E-state index contributed by atoms with van der Waals surface area (Å²) in [5.41, 5.74) is 1.96. The van der Waals surface area contributed by atoms with E-state index in [4.69, 9.17) is 0 Å². The topological polar surface area (TPSA) is 12.0 Å². The molecule has 0 heterocycles. The summed E-state index contributed by atoms with van der Waals surface area (Å²) >= 11 is 0. The predicted octanol–water partition coefficient (Wildman–Crippen LogP) is 2.88. The molecular weight excluding hydrogens is 165 g/mol. The molecule has 0 saturated heterocycles. The average Bonchev–Trinajstić information content (AvgIpc) is 2.06. The Morgan fingerprint density at radius 3 is 2.31 bits per heavy atom. The first kappa shape index (κ1) is 12.1. The van der Waals surface area contributed by atoms with Crippen molar-refractivity contribution in [1.29, 1.82) is 0 Å². The minimum absolute atomic E-state index is 0.157. The standard InChI is InChI=1S/C9H12FN.C2H6/c1-7-3-8(6-11-2)5-9(10)4-7;1-2/h3-5,11H,6H2,1-2H3;1-2H3. The fraction of sp³-hybridized carbons (Fsp3) is 0.455. The second-order valence-corrected chi connectivity index (χ2v) is 2.67. The highest BCUT2D eigenvalue weighted by Gasteiger charge is 1.95. The lowest BCUT2D eigenvalue weighted by Gasteiger charge is -2.01. The van der Waals surface area contributed by atoms with Crippen molar-refractivity contribution in [2.75, 3.05) is 7.05 Å². The Kier molecular flexibility index (Phi) is 6.15. The van der Waals surface area contributed by atoms with Gasteiger partial charge in [0.05, 0.1) is 0 Å². The van der Waals surface area contributed by atoms with Crippen molar-refractivity contribution in [3.05, 3.63) is 35.1 Å². The van der Waals surface area contributed by atoms with Gasteiger partial charge in [-0.15, -0.1) is 0 Å². The molecule has 13 heavy (non-hydrogen) atoms. The van der Waals surface area contributed by atoms with E-state index >= 15 is 0 Å². The first-order valence-electron chi connectivity index (χ1n) is 4.63. The van der Waals surface area contributed by atoms with Crippen LogP contribution < -0.4 is 5.32 Å². The van der Waals surface area contributed by atoms with E-state index in [-0.39, 0.29) is 5.82 Å². The Bertz CT molecular complexity index is 226. The van der Waals surface area contributed by atoms with Gasteiger partial charge >= 0.3 is 0 Å². The van der Waals surface area contributed by atoms with Crippen LogP contribution in [0.25, 0.3) is 0 Å². The van der Waals surface area contributed by atoms with Crippen LogP contribution in [0.5, 0.6) is 0 Å². The largest absolute Gasteiger partial charge is 0.316 e. The second-order valence-electron chi connectivity index (χ2n) is 2.67. The van der Waals surface area contributed by atoms with E-state index in [2.05, 4.69) is 5.32 Å². The first-order valence-corrected chi connectivity index (χ1v) is 4.63. The first-order chi connectivity index (χ1) is 6.22. The number of rotatable bonds is 2. The zero-order chi connectivity index (χ0) is 10.3. The lowest BCUT2D eigenvalue weighted by atomic mass is 10.1. The fourth-order valence-corrected chi connectivity index (χ4v) is 1.12. The van der Waals surface area contributed by atoms with Crippen LogP contribution in [0.2, 0.25) is 0 Å². The van der Waals surface area contributed by atoms with Crippen LogP contribution in [0.4, 0.5) is 4.39 Å². The predicted molar refractivity (Wildman–Crippen MR) is 55.2 cm³/mol. The lowest BCUT2D eigenvalue weighted by Crippen LogP contribution is -2.05. The quantitative estimate of drug-likeness (QED) is 0.743. The molecular formula is C11H18FN. The van der Waals surface area contributed by atoms with Gasteiger partial charge < -0.3 is 5.32 Å². The summed E-state index contributed by atoms with van der Waals surface area (Å²) in [5.74, 6) is -0.157. The molecule has 0 radical (unpaired) electrons. The number of aryl methyl sites for hydroxylation is 1. The van der Waals surface area contributed by atoms with E-state index in [0.29, 0.717) is 0 Å². The summed E-state index contributed by atoms with van der Waals surface area (Å²) in [5, 5.41) is 2.97. The van der Waals surface area contributed by atoms with Crippen molar-refractivity contribution < 1.29 is 4.39 Å². The summed E-state index contributed by atoms with van der Waals surface area (Å²) in [6, 6.07) is 5.04. The van der Waals surface area contributed by atoms with Gasteiger partial charge in [-0.2, -0.15) is 0 Å². The van der Waals surface area contributed by atoms with Crippen LogP contribution in [-0.2, 0) is 6.54 Å². The maximum Gasteiger partial charge on any atom is 0.123 e. The van der Waals surface area contributed by atoms with E-state index in [1.54, 1.807) is 6.07 Å². The van der Waals surface area contributed by atoms with Gasteiger partial charge in [0.1, 0.15) is 5.82 Å². The van der Waals surface area contributed by atoms with Crippen molar-refractivity contribution >= 4 is 0 Å². The molecule has 0 aliphatic rings. The van der Waals surface area contributed by atoms with E-state index in [1.807, 2.05) is 33.9 Å². The summed E-state index contributed by atoms with van der Waals surface area (Å²) in [6.45, 7) is 6.61. The second kappa shape index (κ2) is 6.61. The molecule has 0 amide bonds. The van der Waals surface area contributed by atoms with E-state index < -0.39 is 0 Å². The highest BCUT2D eigenvalue weighted by atomic mass is 19.1. The van der Waals surface area contributed by atoms with Gasteiger partial charge in [-0.3, -0.25) is 0 Å². The van der Waals surface area contributed by atoms with Crippen molar-refractivity contribution in [3.8, 4) is 0 Å². The van der Waals surface area contributed by atoms with Crippen LogP contribution in [0.15, 0.2) is 18.2 Å². The molecule has 0 saturated carbocycles. The molecule has 0 aliphatic heterocycles. The summed E-state index contributed by atoms with van der Waals surface area (Å²) in [6.07, 6.45) is 0. The molecule has 0 fully saturated rings. The maximum absolute atomic E-state index is 12.7. The molecule has 1 rings (SSSR count). The monoisotopic (exact) mass is 183 g/mol. The molecule has 0 unspecified atom stereocenters. The Hall–Kier alpha value is -0.890. The lowest BCUT2D eigenvalue weighted by molar-refractivity contribution is 0.622. The van der Waals surface area contributed by atoms with Gasteiger partial charge in [-0.25, -0.2) is 4.39 Å². The van der Waals surface area contributed by atoms with E-state index in [0.717, 1.165) is 17.7 Å². The molecule has 1 aromatic carbocycles. The third-order valence-electron chi connectivity index (χ3n) is 1.48. The number of hydrogen-bond acceptors (Lipinski definition) is 1. The average molecular weight is 183 g/mol. The molecule has 0 atom stereocenters. The molecule has 74 valence electrons. The molecule has 0 spiro atoms. The number of nitrogens with one attached hydrogen (secondary N) is 1. The summed E-state index contributed by atoms with van der Waals surface area (Å²) in [7, 11) is 1.85. The number of hydrogen-bond donors (Lipinski definition) is 1. The van der Waals surface area contributed by atoms with Gasteiger partial charge in [0.15, 0.2) is 0 Å². The Labute approximate surface area is 80.0 Å². The SMILES string of the molecule is CC.CNCc1cc(C)cc(F)c1. The number of halogens is 1. The van der Waals surface area contributed by atoms with Gasteiger partial charge in [0, 0.05) is 6.54 Å². The maximum atomic E-state index is 12.7. The zero-order valence-corrected chi connectivity index (χ0v) is 8.82. The summed E-state index contributed by atoms with van der Waals surface area (Å²) < 4.78 is 12.7. The minimum Gasteiger partial charge on any atom is -0.316 e. The zero-order valence-electron chi connectivity index (χ0n) is 8.82. The van der Waals surface area contributed by atoms with Crippen LogP contribution in [0.3, 0.4) is 0 Å². The normalized spacial score (nSPS) is 9.00. The highest BCUT2D eigenvalue weighted by Crippen LogP contribution is 2.07. The summed E-state index contributed by atoms with van der Waals surface area (Å²) in [4.78, 5) is 0. The molecule has 0 aliphatic carbocycles. The third-order valence-corrected chi connectivity index (χ3v) is 1.48. The molecule has 0 aromatic heterocycles. The van der Waals surface area contributed by atoms with E-state index in [9.17, 15) is 4.39 Å². The van der Waals surface area contributed by atoms with Gasteiger partial charge in [0.25, 0.3) is 0 Å². The van der Waals surface area contributed by atoms with Crippen molar-refractivity contribution in [3.63, 3.8) is 0 Å². The van der Waals surface area contributed by atoms with E-state index in [1.165, 1.54) is 6.07 Å². The van der Waals surface area contributed by atoms with Crippen LogP contribution in [-0.4, -0.2) is 7.05 Å². The van der Waals surface area contributed by atoms with Crippen molar-refractivity contribution in [2.45, 2.75) is 27.3 Å². The van der Waals surface area contributed by atoms with Crippen molar-refractivity contribution in [2.24, 2.45) is 0 Å². The highest BCUT2D eigenvalue weighted by molar-refractivity contribution is 5.23.